The largest absolute Gasteiger partial charge is 0.497 e. The molecule has 168 valence electrons. The molecule has 0 spiro atoms. The fourth-order valence-corrected chi connectivity index (χ4v) is 3.67. The zero-order valence-electron chi connectivity index (χ0n) is 18.8. The molecule has 0 aliphatic carbocycles. The maximum atomic E-state index is 13.0. The molecule has 2 amide bonds. The summed E-state index contributed by atoms with van der Waals surface area (Å²) < 4.78 is 16.0. The quantitative estimate of drug-likeness (QED) is 0.725. The van der Waals surface area contributed by atoms with Gasteiger partial charge in [-0.1, -0.05) is 25.9 Å². The lowest BCUT2D eigenvalue weighted by atomic mass is 9.96. The number of aromatic nitrogens is 1. The van der Waals surface area contributed by atoms with Crippen LogP contribution in [0.3, 0.4) is 0 Å². The summed E-state index contributed by atoms with van der Waals surface area (Å²) in [4.78, 5) is 27.7. The fourth-order valence-electron chi connectivity index (χ4n) is 3.67. The Morgan fingerprint density at radius 1 is 1.16 bits per heavy atom. The summed E-state index contributed by atoms with van der Waals surface area (Å²) in [5.41, 5.74) is 0.757. The molecular weight excluding hydrogens is 398 g/mol. The number of nitrogens with one attached hydrogen (secondary N) is 1. The summed E-state index contributed by atoms with van der Waals surface area (Å²) in [5, 5.41) is 6.75. The summed E-state index contributed by atoms with van der Waals surface area (Å²) in [5.74, 6) is 1.65. The van der Waals surface area contributed by atoms with Crippen LogP contribution in [0.4, 0.5) is 0 Å². The fraction of sp³-hybridized carbons (Fsp3) is 0.522. The number of methoxy groups -OCH3 is 2. The molecule has 31 heavy (non-hydrogen) atoms. The molecule has 0 bridgehead atoms. The van der Waals surface area contributed by atoms with Gasteiger partial charge in [0.2, 0.25) is 5.91 Å². The molecule has 1 aromatic carbocycles. The van der Waals surface area contributed by atoms with Gasteiger partial charge in [0, 0.05) is 25.2 Å². The Balaban J connectivity index is 1.74. The normalized spacial score (nSPS) is 15.6. The Bertz CT molecular complexity index is 916. The highest BCUT2D eigenvalue weighted by Gasteiger charge is 2.31. The topological polar surface area (TPSA) is 93.9 Å². The van der Waals surface area contributed by atoms with Crippen LogP contribution in [0.1, 0.15) is 44.1 Å². The van der Waals surface area contributed by atoms with Gasteiger partial charge in [-0.05, 0) is 36.8 Å². The van der Waals surface area contributed by atoms with Crippen LogP contribution >= 0.6 is 0 Å². The van der Waals surface area contributed by atoms with Crippen molar-refractivity contribution in [3.05, 3.63) is 30.0 Å². The molecule has 1 aliphatic rings. The van der Waals surface area contributed by atoms with Crippen molar-refractivity contribution in [1.82, 2.24) is 15.4 Å². The molecular formula is C23H31N3O5. The van der Waals surface area contributed by atoms with Crippen molar-refractivity contribution in [1.29, 1.82) is 0 Å². The van der Waals surface area contributed by atoms with Gasteiger partial charge < -0.3 is 24.2 Å². The molecule has 1 fully saturated rings. The first-order valence-electron chi connectivity index (χ1n) is 10.6. The average molecular weight is 430 g/mol. The third kappa shape index (κ3) is 5.18. The van der Waals surface area contributed by atoms with Gasteiger partial charge in [-0.15, -0.1) is 0 Å². The molecule has 1 saturated heterocycles. The van der Waals surface area contributed by atoms with Gasteiger partial charge in [0.1, 0.15) is 17.5 Å². The van der Waals surface area contributed by atoms with Crippen LogP contribution in [-0.4, -0.2) is 55.2 Å². The molecule has 8 heteroatoms. The smallest absolute Gasteiger partial charge is 0.274 e. The molecule has 1 atom stereocenters. The maximum Gasteiger partial charge on any atom is 0.274 e. The first kappa shape index (κ1) is 22.7. The van der Waals surface area contributed by atoms with Crippen LogP contribution in [0, 0.1) is 11.8 Å². The Hall–Kier alpha value is -3.03. The number of piperidine rings is 1. The van der Waals surface area contributed by atoms with Crippen molar-refractivity contribution in [2.24, 2.45) is 11.8 Å². The van der Waals surface area contributed by atoms with Gasteiger partial charge in [0.25, 0.3) is 5.91 Å². The van der Waals surface area contributed by atoms with Gasteiger partial charge in [-0.2, -0.15) is 0 Å². The Kier molecular flexibility index (Phi) is 7.20. The second-order valence-corrected chi connectivity index (χ2v) is 8.35. The van der Waals surface area contributed by atoms with E-state index in [-0.39, 0.29) is 17.5 Å². The lowest BCUT2D eigenvalue weighted by Gasteiger charge is -2.34. The summed E-state index contributed by atoms with van der Waals surface area (Å²) in [6, 6.07) is 6.20. The predicted octanol–water partition coefficient (Wildman–Crippen LogP) is 3.37. The van der Waals surface area contributed by atoms with Crippen LogP contribution in [0.2, 0.25) is 0 Å². The summed E-state index contributed by atoms with van der Waals surface area (Å²) >= 11 is 0. The maximum absolute atomic E-state index is 13.0. The first-order chi connectivity index (χ1) is 14.8. The highest BCUT2D eigenvalue weighted by molar-refractivity contribution is 5.97. The molecule has 1 unspecified atom stereocenters. The van der Waals surface area contributed by atoms with E-state index in [1.807, 2.05) is 18.7 Å². The van der Waals surface area contributed by atoms with E-state index in [4.69, 9.17) is 14.0 Å². The van der Waals surface area contributed by atoms with Crippen molar-refractivity contribution in [2.75, 3.05) is 27.3 Å². The van der Waals surface area contributed by atoms with Gasteiger partial charge in [-0.25, -0.2) is 0 Å². The van der Waals surface area contributed by atoms with Crippen molar-refractivity contribution < 1.29 is 23.6 Å². The van der Waals surface area contributed by atoms with E-state index >= 15 is 0 Å². The number of nitrogens with zero attached hydrogens (tertiary/aromatic N) is 2. The van der Waals surface area contributed by atoms with Crippen molar-refractivity contribution >= 4 is 11.8 Å². The third-order valence-electron chi connectivity index (χ3n) is 5.73. The number of hydrogen-bond acceptors (Lipinski definition) is 6. The Morgan fingerprint density at radius 2 is 1.87 bits per heavy atom. The van der Waals surface area contributed by atoms with E-state index in [1.165, 1.54) is 0 Å². The standard InChI is InChI=1S/C23H31N3O5/c1-14(2)21(23(28)26-10-8-15(3)9-11-26)24-22(27)18-13-20(31-25-18)17-7-6-16(29-4)12-19(17)30-5/h6-7,12-15,21H,8-11H2,1-5H3,(H,24,27). The molecule has 1 aromatic heterocycles. The Morgan fingerprint density at radius 3 is 2.48 bits per heavy atom. The van der Waals surface area contributed by atoms with Gasteiger partial charge >= 0.3 is 0 Å². The van der Waals surface area contributed by atoms with Gasteiger partial charge in [-0.3, -0.25) is 9.59 Å². The van der Waals surface area contributed by atoms with Gasteiger partial charge in [0.15, 0.2) is 11.5 Å². The predicted molar refractivity (Wildman–Crippen MR) is 116 cm³/mol. The van der Waals surface area contributed by atoms with E-state index in [9.17, 15) is 9.59 Å². The van der Waals surface area contributed by atoms with Crippen molar-refractivity contribution in [3.8, 4) is 22.8 Å². The molecule has 1 aliphatic heterocycles. The second-order valence-electron chi connectivity index (χ2n) is 8.35. The van der Waals surface area contributed by atoms with Crippen molar-refractivity contribution in [3.63, 3.8) is 0 Å². The minimum absolute atomic E-state index is 0.0456. The average Bonchev–Trinajstić information content (AvgIpc) is 3.26. The zero-order valence-corrected chi connectivity index (χ0v) is 18.8. The summed E-state index contributed by atoms with van der Waals surface area (Å²) in [6.45, 7) is 7.50. The third-order valence-corrected chi connectivity index (χ3v) is 5.73. The lowest BCUT2D eigenvalue weighted by Crippen LogP contribution is -2.52. The number of amides is 2. The van der Waals surface area contributed by atoms with Gasteiger partial charge in [0.05, 0.1) is 19.8 Å². The SMILES string of the molecule is COc1ccc(-c2cc(C(=O)NC(C(=O)N3CCC(C)CC3)C(C)C)no2)c(OC)c1. The molecule has 2 heterocycles. The molecule has 1 N–H and O–H groups in total. The van der Waals surface area contributed by atoms with E-state index in [0.717, 1.165) is 25.9 Å². The summed E-state index contributed by atoms with van der Waals surface area (Å²) in [7, 11) is 3.12. The highest BCUT2D eigenvalue weighted by Crippen LogP contribution is 2.33. The minimum atomic E-state index is -0.614. The number of carbonyl (C=O) groups excluding carboxylic acids is 2. The highest BCUT2D eigenvalue weighted by atomic mass is 16.5. The van der Waals surface area contributed by atoms with E-state index < -0.39 is 11.9 Å². The number of ether oxygens (including phenoxy) is 2. The molecule has 8 nitrogen and oxygen atoms in total. The van der Waals surface area contributed by atoms with Crippen molar-refractivity contribution in [2.45, 2.75) is 39.7 Å². The van der Waals surface area contributed by atoms with Crippen LogP contribution in [0.25, 0.3) is 11.3 Å². The van der Waals surface area contributed by atoms with Crippen LogP contribution in [0.15, 0.2) is 28.8 Å². The zero-order chi connectivity index (χ0) is 22.5. The molecule has 0 radical (unpaired) electrons. The Labute approximate surface area is 182 Å². The van der Waals surface area contributed by atoms with E-state index in [1.54, 1.807) is 38.5 Å². The van der Waals surface area contributed by atoms with E-state index in [0.29, 0.717) is 28.7 Å². The number of hydrogen-bond donors (Lipinski definition) is 1. The number of carbonyl (C=O) groups is 2. The number of likely N-dealkylation sites (tertiary alicyclic amines) is 1. The van der Waals surface area contributed by atoms with Crippen LogP contribution in [0.5, 0.6) is 11.5 Å². The van der Waals surface area contributed by atoms with Crippen LogP contribution < -0.4 is 14.8 Å². The molecule has 0 saturated carbocycles. The van der Waals surface area contributed by atoms with E-state index in [2.05, 4.69) is 17.4 Å². The molecule has 2 aromatic rings. The first-order valence-corrected chi connectivity index (χ1v) is 10.6. The molecule has 3 rings (SSSR count). The second kappa shape index (κ2) is 9.85. The minimum Gasteiger partial charge on any atom is -0.497 e. The number of benzene rings is 1. The van der Waals surface area contributed by atoms with Crippen LogP contribution in [-0.2, 0) is 4.79 Å². The summed E-state index contributed by atoms with van der Waals surface area (Å²) in [6.07, 6.45) is 1.97. The number of rotatable bonds is 7. The monoisotopic (exact) mass is 429 g/mol. The lowest BCUT2D eigenvalue weighted by molar-refractivity contribution is -0.135.